The monoisotopic (exact) mass is 539 g/mol. The van der Waals surface area contributed by atoms with Gasteiger partial charge in [0.15, 0.2) is 0 Å². The summed E-state index contributed by atoms with van der Waals surface area (Å²) in [6.45, 7) is 3.62. The third-order valence-electron chi connectivity index (χ3n) is 6.92. The molecule has 1 aliphatic heterocycles. The van der Waals surface area contributed by atoms with E-state index in [0.717, 1.165) is 39.4 Å². The summed E-state index contributed by atoms with van der Waals surface area (Å²) in [7, 11) is 1.56. The minimum absolute atomic E-state index is 0.0229. The van der Waals surface area contributed by atoms with E-state index in [1.54, 1.807) is 19.4 Å². The number of piperazine rings is 1. The molecule has 1 unspecified atom stereocenters. The Bertz CT molecular complexity index is 1470. The first-order valence-corrected chi connectivity index (χ1v) is 12.6. The molecule has 12 heteroatoms. The lowest BCUT2D eigenvalue weighted by molar-refractivity contribution is -0.162. The van der Waals surface area contributed by atoms with Gasteiger partial charge in [0.2, 0.25) is 11.8 Å². The molecule has 0 spiro atoms. The van der Waals surface area contributed by atoms with Crippen LogP contribution in [0.15, 0.2) is 48.9 Å². The molecular weight excluding hydrogens is 511 g/mol. The van der Waals surface area contributed by atoms with Crippen LogP contribution in [-0.4, -0.2) is 80.1 Å². The predicted molar refractivity (Wildman–Crippen MR) is 138 cm³/mol. The molecule has 1 N–H and O–H groups in total. The lowest BCUT2D eigenvalue weighted by atomic mass is 10.1. The highest BCUT2D eigenvalue weighted by Gasteiger charge is 2.35. The van der Waals surface area contributed by atoms with Gasteiger partial charge in [0.05, 0.1) is 23.8 Å². The number of hydrogen-bond donors (Lipinski definition) is 1. The fraction of sp³-hybridized carbons (Fsp3) is 0.370. The van der Waals surface area contributed by atoms with Crippen LogP contribution in [0.1, 0.15) is 36.5 Å². The van der Waals surface area contributed by atoms with Gasteiger partial charge in [-0.05, 0) is 36.8 Å². The van der Waals surface area contributed by atoms with Crippen molar-refractivity contribution in [1.82, 2.24) is 34.7 Å². The van der Waals surface area contributed by atoms with Crippen LogP contribution in [-0.2, 0) is 11.2 Å². The largest absolute Gasteiger partial charge is 0.481 e. The number of carbonyl (C=O) groups excluding carboxylic acids is 1. The maximum atomic E-state index is 12.6. The maximum absolute atomic E-state index is 12.6. The molecule has 4 aromatic rings. The average Bonchev–Trinajstić information content (AvgIpc) is 3.33. The number of halogens is 3. The molecule has 39 heavy (non-hydrogen) atoms. The van der Waals surface area contributed by atoms with Crippen molar-refractivity contribution in [2.45, 2.75) is 32.0 Å². The van der Waals surface area contributed by atoms with Gasteiger partial charge in [-0.15, -0.1) is 0 Å². The van der Waals surface area contributed by atoms with E-state index in [0.29, 0.717) is 25.4 Å². The van der Waals surface area contributed by atoms with E-state index >= 15 is 0 Å². The number of H-pyrrole nitrogens is 1. The van der Waals surface area contributed by atoms with Gasteiger partial charge < -0.3 is 14.6 Å². The fourth-order valence-electron chi connectivity index (χ4n) is 4.79. The Labute approximate surface area is 223 Å². The number of rotatable bonds is 7. The highest BCUT2D eigenvalue weighted by Crippen LogP contribution is 2.26. The van der Waals surface area contributed by atoms with Crippen LogP contribution in [0.25, 0.3) is 22.3 Å². The number of hydrogen-bond acceptors (Lipinski definition) is 7. The highest BCUT2D eigenvalue weighted by molar-refractivity contribution is 5.81. The molecule has 5 rings (SSSR count). The van der Waals surface area contributed by atoms with Gasteiger partial charge in [-0.2, -0.15) is 13.2 Å². The number of methoxy groups -OCH3 is 1. The molecule has 9 nitrogen and oxygen atoms in total. The third kappa shape index (κ3) is 6.33. The van der Waals surface area contributed by atoms with Crippen molar-refractivity contribution in [2.24, 2.45) is 0 Å². The quantitative estimate of drug-likeness (QED) is 0.376. The van der Waals surface area contributed by atoms with Crippen LogP contribution in [0.2, 0.25) is 0 Å². The number of alkyl halides is 3. The van der Waals surface area contributed by atoms with Crippen molar-refractivity contribution in [3.8, 4) is 17.1 Å². The van der Waals surface area contributed by atoms with Crippen molar-refractivity contribution in [1.29, 1.82) is 0 Å². The molecule has 0 bridgehead atoms. The number of fused-ring (bicyclic) bond motifs is 1. The number of pyridine rings is 1. The smallest absolute Gasteiger partial charge is 0.397 e. The number of imidazole rings is 1. The molecule has 1 fully saturated rings. The summed E-state index contributed by atoms with van der Waals surface area (Å²) in [5.41, 5.74) is 5.26. The first-order valence-electron chi connectivity index (χ1n) is 12.6. The highest BCUT2D eigenvalue weighted by atomic mass is 19.4. The second-order valence-electron chi connectivity index (χ2n) is 9.50. The maximum Gasteiger partial charge on any atom is 0.397 e. The summed E-state index contributed by atoms with van der Waals surface area (Å²) in [5.74, 6) is 0.398. The van der Waals surface area contributed by atoms with Gasteiger partial charge in [0, 0.05) is 62.2 Å². The van der Waals surface area contributed by atoms with Gasteiger partial charge in [-0.25, -0.2) is 15.0 Å². The Morgan fingerprint density at radius 1 is 1.08 bits per heavy atom. The molecule has 0 aliphatic carbocycles. The normalized spacial score (nSPS) is 15.5. The summed E-state index contributed by atoms with van der Waals surface area (Å²) in [6.07, 6.45) is -2.17. The lowest BCUT2D eigenvalue weighted by Gasteiger charge is -2.38. The van der Waals surface area contributed by atoms with Gasteiger partial charge in [-0.3, -0.25) is 14.7 Å². The van der Waals surface area contributed by atoms with Gasteiger partial charge in [0.1, 0.15) is 18.6 Å². The summed E-state index contributed by atoms with van der Waals surface area (Å²) < 4.78 is 42.9. The summed E-state index contributed by atoms with van der Waals surface area (Å²) in [4.78, 5) is 36.4. The number of aromatic nitrogens is 5. The molecule has 1 aliphatic rings. The molecule has 1 saturated heterocycles. The predicted octanol–water partition coefficient (Wildman–Crippen LogP) is 4.17. The standard InChI is InChI=1S/C27H28F3N7O2/c1-17(36-7-9-37(10-8-36)26(38)15-27(28,29)30)18-5-6-31-20(11-18)13-24-34-21-4-3-19(12-23(21)35-24)22-14-25(39-2)33-16-32-22/h3-6,11-12,14,16-17H,7-10,13,15H2,1-2H3,(H,34,35). The SMILES string of the molecule is COc1cc(-c2ccc3nc(Cc4cc(C(C)N5CCN(C(=O)CC(F)(F)F)CC5)ccn4)[nH]c3c2)ncn1. The summed E-state index contributed by atoms with van der Waals surface area (Å²) in [6, 6.07) is 11.6. The fourth-order valence-corrected chi connectivity index (χ4v) is 4.79. The van der Waals surface area contributed by atoms with Crippen molar-refractivity contribution in [3.05, 3.63) is 66.0 Å². The Balaban J connectivity index is 1.25. The van der Waals surface area contributed by atoms with E-state index in [9.17, 15) is 18.0 Å². The number of amides is 1. The Hall–Kier alpha value is -4.06. The molecule has 204 valence electrons. The minimum atomic E-state index is -4.48. The van der Waals surface area contributed by atoms with E-state index < -0.39 is 18.5 Å². The molecule has 4 heterocycles. The van der Waals surface area contributed by atoms with Crippen molar-refractivity contribution in [2.75, 3.05) is 33.3 Å². The minimum Gasteiger partial charge on any atom is -0.481 e. The molecule has 0 saturated carbocycles. The van der Waals surface area contributed by atoms with Crippen LogP contribution < -0.4 is 4.74 Å². The second-order valence-corrected chi connectivity index (χ2v) is 9.50. The number of nitrogens with zero attached hydrogens (tertiary/aromatic N) is 6. The van der Waals surface area contributed by atoms with Gasteiger partial charge in [0.25, 0.3) is 0 Å². The number of aromatic amines is 1. The zero-order valence-corrected chi connectivity index (χ0v) is 21.6. The molecule has 1 amide bonds. The topological polar surface area (TPSA) is 100 Å². The molecule has 1 aromatic carbocycles. The lowest BCUT2D eigenvalue weighted by Crippen LogP contribution is -2.50. The van der Waals surface area contributed by atoms with E-state index in [1.165, 1.54) is 11.2 Å². The van der Waals surface area contributed by atoms with Crippen LogP contribution >= 0.6 is 0 Å². The van der Waals surface area contributed by atoms with Crippen LogP contribution in [0.3, 0.4) is 0 Å². The van der Waals surface area contributed by atoms with Crippen molar-refractivity contribution < 1.29 is 22.7 Å². The molecule has 0 radical (unpaired) electrons. The zero-order chi connectivity index (χ0) is 27.6. The first kappa shape index (κ1) is 26.5. The van der Waals surface area contributed by atoms with E-state index in [2.05, 4.69) is 31.8 Å². The van der Waals surface area contributed by atoms with E-state index in [1.807, 2.05) is 30.3 Å². The van der Waals surface area contributed by atoms with Crippen LogP contribution in [0.5, 0.6) is 5.88 Å². The third-order valence-corrected chi connectivity index (χ3v) is 6.92. The average molecular weight is 540 g/mol. The Morgan fingerprint density at radius 3 is 2.62 bits per heavy atom. The van der Waals surface area contributed by atoms with Crippen molar-refractivity contribution >= 4 is 16.9 Å². The number of nitrogens with one attached hydrogen (secondary N) is 1. The molecule has 3 aromatic heterocycles. The number of carbonyl (C=O) groups is 1. The summed E-state index contributed by atoms with van der Waals surface area (Å²) in [5, 5.41) is 0. The number of ether oxygens (including phenoxy) is 1. The number of benzene rings is 1. The zero-order valence-electron chi connectivity index (χ0n) is 21.6. The second kappa shape index (κ2) is 11.0. The van der Waals surface area contributed by atoms with Crippen molar-refractivity contribution in [3.63, 3.8) is 0 Å². The van der Waals surface area contributed by atoms with E-state index in [-0.39, 0.29) is 19.1 Å². The van der Waals surface area contributed by atoms with E-state index in [4.69, 9.17) is 9.72 Å². The Kier molecular flexibility index (Phi) is 7.47. The van der Waals surface area contributed by atoms with Crippen LogP contribution in [0, 0.1) is 0 Å². The first-order chi connectivity index (χ1) is 18.7. The summed E-state index contributed by atoms with van der Waals surface area (Å²) >= 11 is 0. The molecular formula is C27H28F3N7O2. The Morgan fingerprint density at radius 2 is 1.87 bits per heavy atom. The van der Waals surface area contributed by atoms with Gasteiger partial charge in [-0.1, -0.05) is 6.07 Å². The molecule has 1 atom stereocenters. The van der Waals surface area contributed by atoms with Gasteiger partial charge >= 0.3 is 6.18 Å². The van der Waals surface area contributed by atoms with Crippen LogP contribution in [0.4, 0.5) is 13.2 Å².